The van der Waals surface area contributed by atoms with Crippen molar-refractivity contribution in [1.29, 1.82) is 0 Å². The molecular weight excluding hydrogens is 266 g/mol. The maximum atomic E-state index is 5.33. The number of guanidine groups is 1. The van der Waals surface area contributed by atoms with Crippen LogP contribution < -0.4 is 10.6 Å². The molecule has 0 aromatic carbocycles. The summed E-state index contributed by atoms with van der Waals surface area (Å²) in [6.45, 7) is 9.44. The van der Waals surface area contributed by atoms with Gasteiger partial charge in [-0.05, 0) is 38.8 Å². The van der Waals surface area contributed by atoms with Gasteiger partial charge in [-0.1, -0.05) is 6.92 Å². The molecule has 0 saturated heterocycles. The summed E-state index contributed by atoms with van der Waals surface area (Å²) in [6, 6.07) is 4.31. The summed E-state index contributed by atoms with van der Waals surface area (Å²) in [7, 11) is 0. The SMILES string of the molecule is CCOCCCN=C(NCCc1ccco1)NC(C)CC. The molecule has 0 fully saturated rings. The van der Waals surface area contributed by atoms with Crippen molar-refractivity contribution in [3.63, 3.8) is 0 Å². The van der Waals surface area contributed by atoms with Gasteiger partial charge in [0.15, 0.2) is 5.96 Å². The Labute approximate surface area is 128 Å². The number of hydrogen-bond donors (Lipinski definition) is 2. The second-order valence-corrected chi connectivity index (χ2v) is 4.99. The highest BCUT2D eigenvalue weighted by Gasteiger charge is 2.03. The number of aliphatic imine (C=N–C) groups is 1. The molecule has 1 rings (SSSR count). The Balaban J connectivity index is 2.33. The molecule has 5 nitrogen and oxygen atoms in total. The Hall–Kier alpha value is -1.49. The molecule has 120 valence electrons. The van der Waals surface area contributed by atoms with Crippen LogP contribution in [0.1, 0.15) is 39.4 Å². The van der Waals surface area contributed by atoms with Crippen LogP contribution in [0.4, 0.5) is 0 Å². The van der Waals surface area contributed by atoms with Crippen LogP contribution in [0.25, 0.3) is 0 Å². The largest absolute Gasteiger partial charge is 0.469 e. The molecule has 0 aliphatic heterocycles. The highest BCUT2D eigenvalue weighted by molar-refractivity contribution is 5.80. The maximum absolute atomic E-state index is 5.33. The topological polar surface area (TPSA) is 58.8 Å². The standard InChI is InChI=1S/C16H29N3O2/c1-4-14(3)19-16(17-10-7-12-20-5-2)18-11-9-15-8-6-13-21-15/h6,8,13-14H,4-5,7,9-12H2,1-3H3,(H2,17,18,19). The van der Waals surface area contributed by atoms with Crippen molar-refractivity contribution in [3.8, 4) is 0 Å². The predicted molar refractivity (Wildman–Crippen MR) is 86.7 cm³/mol. The quantitative estimate of drug-likeness (QED) is 0.396. The van der Waals surface area contributed by atoms with E-state index in [0.717, 1.165) is 57.3 Å². The lowest BCUT2D eigenvalue weighted by atomic mass is 10.3. The second-order valence-electron chi connectivity index (χ2n) is 4.99. The average Bonchev–Trinajstić information content (AvgIpc) is 2.99. The van der Waals surface area contributed by atoms with Crippen molar-refractivity contribution in [1.82, 2.24) is 10.6 Å². The van der Waals surface area contributed by atoms with Crippen molar-refractivity contribution in [3.05, 3.63) is 24.2 Å². The number of nitrogens with one attached hydrogen (secondary N) is 2. The molecule has 1 unspecified atom stereocenters. The average molecular weight is 295 g/mol. The first kappa shape index (κ1) is 17.6. The predicted octanol–water partition coefficient (Wildman–Crippen LogP) is 2.58. The van der Waals surface area contributed by atoms with Gasteiger partial charge in [0.05, 0.1) is 6.26 Å². The number of furan rings is 1. The van der Waals surface area contributed by atoms with E-state index in [1.54, 1.807) is 6.26 Å². The zero-order chi connectivity index (χ0) is 15.3. The summed E-state index contributed by atoms with van der Waals surface area (Å²) in [5.41, 5.74) is 0. The molecule has 1 aromatic heterocycles. The van der Waals surface area contributed by atoms with Gasteiger partial charge in [0.1, 0.15) is 5.76 Å². The van der Waals surface area contributed by atoms with Crippen molar-refractivity contribution in [2.24, 2.45) is 4.99 Å². The molecule has 0 spiro atoms. The first-order chi connectivity index (χ1) is 10.3. The van der Waals surface area contributed by atoms with Crippen molar-refractivity contribution in [2.45, 2.75) is 46.1 Å². The van der Waals surface area contributed by atoms with Gasteiger partial charge in [-0.2, -0.15) is 0 Å². The highest BCUT2D eigenvalue weighted by Crippen LogP contribution is 1.99. The number of rotatable bonds is 10. The summed E-state index contributed by atoms with van der Waals surface area (Å²) in [6.07, 6.45) is 4.57. The van der Waals surface area contributed by atoms with E-state index >= 15 is 0 Å². The van der Waals surface area contributed by atoms with E-state index < -0.39 is 0 Å². The molecule has 0 saturated carbocycles. The van der Waals surface area contributed by atoms with E-state index in [0.29, 0.717) is 6.04 Å². The molecule has 5 heteroatoms. The minimum absolute atomic E-state index is 0.409. The Morgan fingerprint density at radius 3 is 2.95 bits per heavy atom. The minimum atomic E-state index is 0.409. The third-order valence-electron chi connectivity index (χ3n) is 3.16. The van der Waals surface area contributed by atoms with Crippen LogP contribution in [-0.2, 0) is 11.2 Å². The number of hydrogen-bond acceptors (Lipinski definition) is 3. The van der Waals surface area contributed by atoms with Crippen LogP contribution in [0.15, 0.2) is 27.8 Å². The van der Waals surface area contributed by atoms with Gasteiger partial charge in [-0.3, -0.25) is 4.99 Å². The van der Waals surface area contributed by atoms with E-state index in [2.05, 4.69) is 29.5 Å². The van der Waals surface area contributed by atoms with Gasteiger partial charge >= 0.3 is 0 Å². The molecule has 0 bridgehead atoms. The normalized spacial score (nSPS) is 13.2. The third kappa shape index (κ3) is 8.40. The van der Waals surface area contributed by atoms with Crippen molar-refractivity contribution < 1.29 is 9.15 Å². The maximum Gasteiger partial charge on any atom is 0.191 e. The monoisotopic (exact) mass is 295 g/mol. The zero-order valence-electron chi connectivity index (χ0n) is 13.5. The van der Waals surface area contributed by atoms with Crippen LogP contribution in [0.2, 0.25) is 0 Å². The van der Waals surface area contributed by atoms with Crippen molar-refractivity contribution >= 4 is 5.96 Å². The van der Waals surface area contributed by atoms with E-state index in [1.165, 1.54) is 0 Å². The lowest BCUT2D eigenvalue weighted by Crippen LogP contribution is -2.42. The van der Waals surface area contributed by atoms with Crippen LogP contribution in [0.5, 0.6) is 0 Å². The van der Waals surface area contributed by atoms with E-state index in [1.807, 2.05) is 19.1 Å². The third-order valence-corrected chi connectivity index (χ3v) is 3.16. The van der Waals surface area contributed by atoms with Gasteiger partial charge in [0.25, 0.3) is 0 Å². The Morgan fingerprint density at radius 1 is 1.43 bits per heavy atom. The summed E-state index contributed by atoms with van der Waals surface area (Å²) in [4.78, 5) is 4.59. The molecule has 0 radical (unpaired) electrons. The van der Waals surface area contributed by atoms with Crippen LogP contribution in [-0.4, -0.2) is 38.3 Å². The molecule has 1 heterocycles. The lowest BCUT2D eigenvalue weighted by molar-refractivity contribution is 0.146. The second kappa shape index (κ2) is 11.2. The zero-order valence-corrected chi connectivity index (χ0v) is 13.5. The summed E-state index contributed by atoms with van der Waals surface area (Å²) >= 11 is 0. The highest BCUT2D eigenvalue weighted by atomic mass is 16.5. The fourth-order valence-corrected chi connectivity index (χ4v) is 1.75. The molecular formula is C16H29N3O2. The fraction of sp³-hybridized carbons (Fsp3) is 0.688. The fourth-order valence-electron chi connectivity index (χ4n) is 1.75. The Bertz CT molecular complexity index is 377. The molecule has 21 heavy (non-hydrogen) atoms. The van der Waals surface area contributed by atoms with E-state index in [-0.39, 0.29) is 0 Å². The summed E-state index contributed by atoms with van der Waals surface area (Å²) in [5.74, 6) is 1.86. The molecule has 0 aliphatic rings. The van der Waals surface area contributed by atoms with Crippen LogP contribution >= 0.6 is 0 Å². The van der Waals surface area contributed by atoms with E-state index in [9.17, 15) is 0 Å². The van der Waals surface area contributed by atoms with Gasteiger partial charge in [-0.25, -0.2) is 0 Å². The first-order valence-corrected chi connectivity index (χ1v) is 7.91. The summed E-state index contributed by atoms with van der Waals surface area (Å²) in [5, 5.41) is 6.76. The van der Waals surface area contributed by atoms with Crippen molar-refractivity contribution in [2.75, 3.05) is 26.3 Å². The minimum Gasteiger partial charge on any atom is -0.469 e. The van der Waals surface area contributed by atoms with Gasteiger partial charge in [-0.15, -0.1) is 0 Å². The molecule has 1 atom stereocenters. The van der Waals surface area contributed by atoms with Gasteiger partial charge < -0.3 is 19.8 Å². The molecule has 2 N–H and O–H groups in total. The van der Waals surface area contributed by atoms with E-state index in [4.69, 9.17) is 9.15 Å². The molecule has 1 aromatic rings. The lowest BCUT2D eigenvalue weighted by Gasteiger charge is -2.16. The number of ether oxygens (including phenoxy) is 1. The van der Waals surface area contributed by atoms with Gasteiger partial charge in [0, 0.05) is 38.8 Å². The van der Waals surface area contributed by atoms with Crippen LogP contribution in [0.3, 0.4) is 0 Å². The summed E-state index contributed by atoms with van der Waals surface area (Å²) < 4.78 is 10.7. The van der Waals surface area contributed by atoms with Crippen LogP contribution in [0, 0.1) is 0 Å². The first-order valence-electron chi connectivity index (χ1n) is 7.91. The Morgan fingerprint density at radius 2 is 2.29 bits per heavy atom. The molecule has 0 aliphatic carbocycles. The Kier molecular flexibility index (Phi) is 9.37. The van der Waals surface area contributed by atoms with Gasteiger partial charge in [0.2, 0.25) is 0 Å². The number of nitrogens with zero attached hydrogens (tertiary/aromatic N) is 1. The molecule has 0 amide bonds. The smallest absolute Gasteiger partial charge is 0.191 e.